The van der Waals surface area contributed by atoms with Crippen LogP contribution in [0.4, 0.5) is 8.78 Å². The number of Topliss-reactive ketones (excluding diaryl/α,β-unsaturated/α-hetero) is 1. The van der Waals surface area contributed by atoms with Gasteiger partial charge in [-0.3, -0.25) is 9.78 Å². The quantitative estimate of drug-likeness (QED) is 0.280. The van der Waals surface area contributed by atoms with Crippen LogP contribution in [0.15, 0.2) is 84.4 Å². The maximum Gasteiger partial charge on any atom is 0.263 e. The maximum absolute atomic E-state index is 13.6. The molecule has 3 aliphatic carbocycles. The topological polar surface area (TPSA) is 39.2 Å². The highest BCUT2D eigenvalue weighted by molar-refractivity contribution is 5.99. The predicted molar refractivity (Wildman–Crippen MR) is 164 cm³/mol. The molecule has 5 heteroatoms. The third-order valence-corrected chi connectivity index (χ3v) is 9.77. The van der Waals surface area contributed by atoms with Gasteiger partial charge in [0, 0.05) is 29.4 Å². The fourth-order valence-electron chi connectivity index (χ4n) is 7.15. The summed E-state index contributed by atoms with van der Waals surface area (Å²) in [5, 5.41) is 0. The molecule has 3 nitrogen and oxygen atoms in total. The molecule has 2 aromatic rings. The number of alkyl halides is 2. The van der Waals surface area contributed by atoms with Crippen molar-refractivity contribution in [3.63, 3.8) is 0 Å². The summed E-state index contributed by atoms with van der Waals surface area (Å²) in [6, 6.07) is 11.1. The zero-order chi connectivity index (χ0) is 29.3. The number of pyridine rings is 1. The second-order valence-corrected chi connectivity index (χ2v) is 12.6. The highest BCUT2D eigenvalue weighted by Gasteiger charge is 2.29. The van der Waals surface area contributed by atoms with Gasteiger partial charge in [0.25, 0.3) is 6.43 Å². The molecule has 2 fully saturated rings. The minimum absolute atomic E-state index is 0.0246. The molecule has 0 bridgehead atoms. The third kappa shape index (κ3) is 8.26. The fraction of sp³-hybridized carbons (Fsp3) is 0.514. The highest BCUT2D eigenvalue weighted by Crippen LogP contribution is 2.36. The van der Waals surface area contributed by atoms with E-state index in [0.29, 0.717) is 24.2 Å². The Kier molecular flexibility index (Phi) is 10.8. The molecule has 1 heterocycles. The van der Waals surface area contributed by atoms with E-state index in [1.165, 1.54) is 24.8 Å². The predicted octanol–water partition coefficient (Wildman–Crippen LogP) is 9.87. The van der Waals surface area contributed by atoms with Crippen LogP contribution in [0.5, 0.6) is 0 Å². The molecular formula is C37H45F2NO2. The van der Waals surface area contributed by atoms with E-state index in [0.717, 1.165) is 68.3 Å². The van der Waals surface area contributed by atoms with Crippen LogP contribution in [0.25, 0.3) is 0 Å². The van der Waals surface area contributed by atoms with Crippen LogP contribution in [0.3, 0.4) is 0 Å². The van der Waals surface area contributed by atoms with Gasteiger partial charge in [0.15, 0.2) is 5.78 Å². The van der Waals surface area contributed by atoms with Crippen molar-refractivity contribution < 1.29 is 18.3 Å². The number of benzene rings is 1. The Bertz CT molecular complexity index is 1250. The van der Waals surface area contributed by atoms with E-state index in [2.05, 4.69) is 36.2 Å². The van der Waals surface area contributed by atoms with Crippen molar-refractivity contribution in [2.75, 3.05) is 0 Å². The number of hydrogen-bond acceptors (Lipinski definition) is 3. The molecule has 2 saturated carbocycles. The second-order valence-electron chi connectivity index (χ2n) is 12.6. The number of carbonyl (C=O) groups is 1. The molecule has 1 aromatic heterocycles. The van der Waals surface area contributed by atoms with Gasteiger partial charge in [-0.15, -0.1) is 0 Å². The summed E-state index contributed by atoms with van der Waals surface area (Å²) in [6.07, 6.45) is 22.2. The molecule has 1 aromatic carbocycles. The minimum Gasteiger partial charge on any atom is -0.491 e. The second kappa shape index (κ2) is 14.9. The molecule has 0 amide bonds. The molecule has 0 spiro atoms. The molecule has 42 heavy (non-hydrogen) atoms. The molecule has 0 N–H and O–H groups in total. The Morgan fingerprint density at radius 1 is 0.881 bits per heavy atom. The van der Waals surface area contributed by atoms with Crippen LogP contribution in [-0.4, -0.2) is 16.9 Å². The monoisotopic (exact) mass is 573 g/mol. The van der Waals surface area contributed by atoms with Gasteiger partial charge in [-0.05, 0) is 123 Å². The lowest BCUT2D eigenvalue weighted by molar-refractivity contribution is -0.120. The van der Waals surface area contributed by atoms with E-state index in [-0.39, 0.29) is 23.4 Å². The highest BCUT2D eigenvalue weighted by atomic mass is 19.3. The van der Waals surface area contributed by atoms with Crippen molar-refractivity contribution in [1.82, 2.24) is 4.98 Å². The largest absolute Gasteiger partial charge is 0.491 e. The average molecular weight is 574 g/mol. The van der Waals surface area contributed by atoms with Gasteiger partial charge in [-0.2, -0.15) is 0 Å². The number of ketones is 1. The smallest absolute Gasteiger partial charge is 0.263 e. The van der Waals surface area contributed by atoms with Gasteiger partial charge in [0.05, 0.1) is 6.10 Å². The number of hydrogen-bond donors (Lipinski definition) is 0. The zero-order valence-electron chi connectivity index (χ0n) is 24.9. The van der Waals surface area contributed by atoms with Crippen molar-refractivity contribution in [3.05, 3.63) is 101 Å². The molecule has 0 radical (unpaired) electrons. The van der Waals surface area contributed by atoms with Crippen LogP contribution < -0.4 is 0 Å². The summed E-state index contributed by atoms with van der Waals surface area (Å²) in [5.41, 5.74) is 3.40. The Morgan fingerprint density at radius 2 is 1.67 bits per heavy atom. The van der Waals surface area contributed by atoms with Gasteiger partial charge < -0.3 is 4.74 Å². The molecular weight excluding hydrogens is 528 g/mol. The van der Waals surface area contributed by atoms with E-state index < -0.39 is 6.43 Å². The van der Waals surface area contributed by atoms with Gasteiger partial charge in [0.2, 0.25) is 0 Å². The molecule has 224 valence electrons. The van der Waals surface area contributed by atoms with Gasteiger partial charge >= 0.3 is 0 Å². The average Bonchev–Trinajstić information content (AvgIpc) is 3.49. The summed E-state index contributed by atoms with van der Waals surface area (Å²) in [7, 11) is 0. The van der Waals surface area contributed by atoms with Crippen LogP contribution in [0, 0.1) is 17.8 Å². The number of aromatic nitrogens is 1. The Labute approximate surface area is 250 Å². The first kappa shape index (κ1) is 30.4. The lowest BCUT2D eigenvalue weighted by atomic mass is 9.82. The van der Waals surface area contributed by atoms with Crippen molar-refractivity contribution in [1.29, 1.82) is 0 Å². The van der Waals surface area contributed by atoms with Gasteiger partial charge in [0.1, 0.15) is 5.76 Å². The maximum atomic E-state index is 13.6. The SMILES string of the molecule is CC(C(=O)C1=CCC=C(OC2CCCC(c3ccc(C(F)F)cc3)CC2)C=C1)C1CCCC(Cc2ccncc2)CC1. The van der Waals surface area contributed by atoms with Crippen molar-refractivity contribution in [2.24, 2.45) is 17.8 Å². The summed E-state index contributed by atoms with van der Waals surface area (Å²) in [4.78, 5) is 17.7. The summed E-state index contributed by atoms with van der Waals surface area (Å²) in [6.45, 7) is 2.13. The number of carbonyl (C=O) groups excluding carboxylic acids is 1. The Hall–Kier alpha value is -3.08. The summed E-state index contributed by atoms with van der Waals surface area (Å²) in [5.74, 6) is 2.63. The van der Waals surface area contributed by atoms with E-state index in [4.69, 9.17) is 4.74 Å². The van der Waals surface area contributed by atoms with Crippen LogP contribution in [-0.2, 0) is 16.0 Å². The Balaban J connectivity index is 1.10. The standard InChI is InChI=1S/C37H45F2NO2/c1-26(29-6-2-5-27(11-12-29)25-28-21-23-40-24-22-28)36(41)32-8-4-10-35(20-18-32)42-34-9-3-7-30(17-19-34)31-13-15-33(16-14-31)37(38)39/h8,10,13-16,18,20-24,26-27,29-30,34,37H,2-7,9,11-12,17,19,25H2,1H3. The lowest BCUT2D eigenvalue weighted by Crippen LogP contribution is -2.22. The fourth-order valence-corrected chi connectivity index (χ4v) is 7.15. The summed E-state index contributed by atoms with van der Waals surface area (Å²) < 4.78 is 32.3. The molecule has 0 aliphatic heterocycles. The Morgan fingerprint density at radius 3 is 2.45 bits per heavy atom. The minimum atomic E-state index is -2.42. The first-order valence-electron chi connectivity index (χ1n) is 16.0. The van der Waals surface area contributed by atoms with Gasteiger partial charge in [-0.1, -0.05) is 50.1 Å². The van der Waals surface area contributed by atoms with E-state index in [9.17, 15) is 13.6 Å². The molecule has 0 saturated heterocycles. The van der Waals surface area contributed by atoms with E-state index in [1.807, 2.05) is 36.7 Å². The molecule has 5 atom stereocenters. The number of nitrogens with zero attached hydrogens (tertiary/aromatic N) is 1. The zero-order valence-corrected chi connectivity index (χ0v) is 24.9. The lowest BCUT2D eigenvalue weighted by Gasteiger charge is -2.22. The van der Waals surface area contributed by atoms with Crippen molar-refractivity contribution in [3.8, 4) is 0 Å². The molecule has 3 aliphatic rings. The summed E-state index contributed by atoms with van der Waals surface area (Å²) >= 11 is 0. The van der Waals surface area contributed by atoms with E-state index >= 15 is 0 Å². The first-order chi connectivity index (χ1) is 20.5. The first-order valence-corrected chi connectivity index (χ1v) is 16.0. The normalized spacial score (nSPS) is 25.9. The molecule has 5 rings (SSSR count). The van der Waals surface area contributed by atoms with Crippen LogP contribution in [0.1, 0.15) is 107 Å². The van der Waals surface area contributed by atoms with Crippen LogP contribution >= 0.6 is 0 Å². The van der Waals surface area contributed by atoms with Crippen molar-refractivity contribution >= 4 is 5.78 Å². The van der Waals surface area contributed by atoms with Gasteiger partial charge in [-0.25, -0.2) is 8.78 Å². The number of allylic oxidation sites excluding steroid dienone is 5. The number of ether oxygens (including phenoxy) is 1. The number of rotatable bonds is 9. The van der Waals surface area contributed by atoms with E-state index in [1.54, 1.807) is 12.1 Å². The van der Waals surface area contributed by atoms with Crippen LogP contribution in [0.2, 0.25) is 0 Å². The number of halogens is 2. The molecule has 5 unspecified atom stereocenters. The van der Waals surface area contributed by atoms with Crippen molar-refractivity contribution in [2.45, 2.75) is 102 Å². The third-order valence-electron chi connectivity index (χ3n) is 9.77.